The fourth-order valence-electron chi connectivity index (χ4n) is 1.70. The highest BCUT2D eigenvalue weighted by molar-refractivity contribution is 9.10. The van der Waals surface area contributed by atoms with Crippen molar-refractivity contribution in [3.8, 4) is 11.4 Å². The first kappa shape index (κ1) is 15.1. The Labute approximate surface area is 128 Å². The summed E-state index contributed by atoms with van der Waals surface area (Å²) >= 11 is 4.49. The van der Waals surface area contributed by atoms with E-state index in [9.17, 15) is 4.79 Å². The van der Waals surface area contributed by atoms with E-state index in [0.717, 1.165) is 17.3 Å². The highest BCUT2D eigenvalue weighted by atomic mass is 79.9. The first-order valence-corrected chi connectivity index (χ1v) is 7.78. The second-order valence-electron chi connectivity index (χ2n) is 4.60. The fraction of sp³-hybridized carbons (Fsp3) is 0.417. The van der Waals surface area contributed by atoms with Crippen LogP contribution in [0.2, 0.25) is 0 Å². The van der Waals surface area contributed by atoms with Gasteiger partial charge in [-0.2, -0.15) is 0 Å². The van der Waals surface area contributed by atoms with Crippen LogP contribution in [-0.2, 0) is 11.3 Å². The Balaban J connectivity index is 2.37. The van der Waals surface area contributed by atoms with Crippen molar-refractivity contribution in [2.24, 2.45) is 5.92 Å². The van der Waals surface area contributed by atoms with Crippen molar-refractivity contribution < 1.29 is 14.3 Å². The number of hydrogen-bond acceptors (Lipinski definition) is 5. The number of thioether (sulfide) groups is 1. The Morgan fingerprint density at radius 2 is 2.30 bits per heavy atom. The number of furan rings is 1. The maximum Gasteiger partial charge on any atom is 0.313 e. The second kappa shape index (κ2) is 6.45. The molecular formula is C12H14BrN3O3S. The summed E-state index contributed by atoms with van der Waals surface area (Å²) in [6.07, 6.45) is 1.57. The number of carboxylic acid groups (broad SMARTS) is 1. The van der Waals surface area contributed by atoms with E-state index in [1.807, 2.05) is 4.57 Å². The zero-order valence-electron chi connectivity index (χ0n) is 11.0. The lowest BCUT2D eigenvalue weighted by Gasteiger charge is -2.11. The number of halogens is 1. The van der Waals surface area contributed by atoms with Crippen molar-refractivity contribution in [2.45, 2.75) is 25.5 Å². The topological polar surface area (TPSA) is 81.2 Å². The molecule has 2 aromatic heterocycles. The Morgan fingerprint density at radius 3 is 2.85 bits per heavy atom. The molecule has 0 aliphatic carbocycles. The van der Waals surface area contributed by atoms with Gasteiger partial charge in [0, 0.05) is 6.54 Å². The molecule has 2 aromatic rings. The Bertz CT molecular complexity index is 609. The number of aliphatic carboxylic acids is 1. The van der Waals surface area contributed by atoms with E-state index in [2.05, 4.69) is 40.0 Å². The highest BCUT2D eigenvalue weighted by Crippen LogP contribution is 2.31. The van der Waals surface area contributed by atoms with E-state index in [1.54, 1.807) is 12.3 Å². The third-order valence-corrected chi connectivity index (χ3v) is 4.01. The van der Waals surface area contributed by atoms with Gasteiger partial charge in [0.1, 0.15) is 0 Å². The summed E-state index contributed by atoms with van der Waals surface area (Å²) in [5.74, 6) is 0.148. The van der Waals surface area contributed by atoms with Gasteiger partial charge in [-0.15, -0.1) is 10.2 Å². The van der Waals surface area contributed by atoms with Gasteiger partial charge in [0.05, 0.1) is 17.6 Å². The van der Waals surface area contributed by atoms with Crippen LogP contribution in [0.3, 0.4) is 0 Å². The summed E-state index contributed by atoms with van der Waals surface area (Å²) in [7, 11) is 0. The van der Waals surface area contributed by atoms with Gasteiger partial charge in [-0.3, -0.25) is 4.79 Å². The van der Waals surface area contributed by atoms with Crippen molar-refractivity contribution in [3.05, 3.63) is 17.0 Å². The van der Waals surface area contributed by atoms with Crippen LogP contribution in [0, 0.1) is 5.92 Å². The molecule has 0 saturated carbocycles. The Morgan fingerprint density at radius 1 is 1.55 bits per heavy atom. The van der Waals surface area contributed by atoms with E-state index in [-0.39, 0.29) is 5.75 Å². The van der Waals surface area contributed by atoms with Gasteiger partial charge in [-0.05, 0) is 27.9 Å². The normalized spacial score (nSPS) is 11.2. The van der Waals surface area contributed by atoms with Crippen LogP contribution < -0.4 is 0 Å². The largest absolute Gasteiger partial charge is 0.481 e. The minimum atomic E-state index is -0.875. The van der Waals surface area contributed by atoms with Crippen LogP contribution in [0.1, 0.15) is 13.8 Å². The van der Waals surface area contributed by atoms with Crippen LogP contribution in [0.5, 0.6) is 0 Å². The predicted octanol–water partition coefficient (Wildman–Crippen LogP) is 3.13. The quantitative estimate of drug-likeness (QED) is 0.797. The molecule has 2 rings (SSSR count). The Hall–Kier alpha value is -1.28. The molecule has 0 radical (unpaired) electrons. The molecule has 20 heavy (non-hydrogen) atoms. The standard InChI is InChI=1S/C12H14BrN3O3S/c1-7(2)5-16-11(8-3-4-19-10(8)13)14-15-12(16)20-6-9(17)18/h3-4,7H,5-6H2,1-2H3,(H,17,18). The predicted molar refractivity (Wildman–Crippen MR) is 78.6 cm³/mol. The summed E-state index contributed by atoms with van der Waals surface area (Å²) in [5, 5.41) is 17.6. The zero-order valence-corrected chi connectivity index (χ0v) is 13.4. The lowest BCUT2D eigenvalue weighted by molar-refractivity contribution is -0.133. The smallest absolute Gasteiger partial charge is 0.313 e. The van der Waals surface area contributed by atoms with Crippen LogP contribution in [-0.4, -0.2) is 31.6 Å². The van der Waals surface area contributed by atoms with Crippen molar-refractivity contribution in [1.29, 1.82) is 0 Å². The molecule has 0 unspecified atom stereocenters. The second-order valence-corrected chi connectivity index (χ2v) is 6.26. The summed E-state index contributed by atoms with van der Waals surface area (Å²) in [4.78, 5) is 10.7. The molecular weight excluding hydrogens is 346 g/mol. The van der Waals surface area contributed by atoms with Gasteiger partial charge in [-0.1, -0.05) is 25.6 Å². The fourth-order valence-corrected chi connectivity index (χ4v) is 2.79. The maximum absolute atomic E-state index is 10.7. The van der Waals surface area contributed by atoms with Crippen molar-refractivity contribution in [3.63, 3.8) is 0 Å². The zero-order chi connectivity index (χ0) is 14.7. The molecule has 0 aromatic carbocycles. The van der Waals surface area contributed by atoms with Gasteiger partial charge in [-0.25, -0.2) is 0 Å². The lowest BCUT2D eigenvalue weighted by Crippen LogP contribution is -2.09. The van der Waals surface area contributed by atoms with E-state index in [1.165, 1.54) is 0 Å². The summed E-state index contributed by atoms with van der Waals surface area (Å²) in [5.41, 5.74) is 0.806. The number of carbonyl (C=O) groups is 1. The van der Waals surface area contributed by atoms with Gasteiger partial charge in [0.25, 0.3) is 0 Å². The van der Waals surface area contributed by atoms with Crippen molar-refractivity contribution in [2.75, 3.05) is 5.75 Å². The molecule has 6 nitrogen and oxygen atoms in total. The number of carboxylic acids is 1. The lowest BCUT2D eigenvalue weighted by atomic mass is 10.2. The van der Waals surface area contributed by atoms with Crippen LogP contribution in [0.25, 0.3) is 11.4 Å². The first-order chi connectivity index (χ1) is 9.49. The minimum absolute atomic E-state index is 0.0389. The monoisotopic (exact) mass is 359 g/mol. The molecule has 0 fully saturated rings. The van der Waals surface area contributed by atoms with Crippen molar-refractivity contribution in [1.82, 2.24) is 14.8 Å². The van der Waals surface area contributed by atoms with E-state index >= 15 is 0 Å². The summed E-state index contributed by atoms with van der Waals surface area (Å²) < 4.78 is 7.73. The maximum atomic E-state index is 10.7. The SMILES string of the molecule is CC(C)Cn1c(SCC(=O)O)nnc1-c1ccoc1Br. The number of nitrogens with zero attached hydrogens (tertiary/aromatic N) is 3. The number of hydrogen-bond donors (Lipinski definition) is 1. The Kier molecular flexibility index (Phi) is 4.87. The third-order valence-electron chi connectivity index (χ3n) is 2.45. The average Bonchev–Trinajstić information content (AvgIpc) is 2.92. The van der Waals surface area contributed by atoms with Crippen molar-refractivity contribution >= 4 is 33.7 Å². The molecule has 8 heteroatoms. The van der Waals surface area contributed by atoms with Gasteiger partial charge >= 0.3 is 5.97 Å². The molecule has 1 N–H and O–H groups in total. The van der Waals surface area contributed by atoms with E-state index in [0.29, 0.717) is 28.1 Å². The van der Waals surface area contributed by atoms with Gasteiger partial charge in [0.15, 0.2) is 15.7 Å². The molecule has 0 aliphatic rings. The van der Waals surface area contributed by atoms with E-state index < -0.39 is 5.97 Å². The molecule has 0 bridgehead atoms. The average molecular weight is 360 g/mol. The van der Waals surface area contributed by atoms with Crippen LogP contribution in [0.4, 0.5) is 0 Å². The third kappa shape index (κ3) is 3.43. The number of aromatic nitrogens is 3. The van der Waals surface area contributed by atoms with Crippen LogP contribution in [0.15, 0.2) is 26.6 Å². The van der Waals surface area contributed by atoms with Gasteiger partial charge in [0.2, 0.25) is 0 Å². The molecule has 0 saturated heterocycles. The summed E-state index contributed by atoms with van der Waals surface area (Å²) in [6.45, 7) is 4.88. The molecule has 0 amide bonds. The first-order valence-electron chi connectivity index (χ1n) is 6.00. The van der Waals surface area contributed by atoms with E-state index in [4.69, 9.17) is 9.52 Å². The highest BCUT2D eigenvalue weighted by Gasteiger charge is 2.19. The molecule has 2 heterocycles. The minimum Gasteiger partial charge on any atom is -0.481 e. The molecule has 108 valence electrons. The van der Waals surface area contributed by atoms with Crippen LogP contribution >= 0.6 is 27.7 Å². The molecule has 0 atom stereocenters. The summed E-state index contributed by atoms with van der Waals surface area (Å²) in [6, 6.07) is 1.80. The number of rotatable bonds is 6. The van der Waals surface area contributed by atoms with Gasteiger partial charge < -0.3 is 14.1 Å². The molecule has 0 aliphatic heterocycles. The molecule has 0 spiro atoms.